The Labute approximate surface area is 213 Å². The first-order valence-corrected chi connectivity index (χ1v) is 14.0. The lowest BCUT2D eigenvalue weighted by atomic mass is 10.2. The third kappa shape index (κ3) is 8.14. The van der Waals surface area contributed by atoms with Gasteiger partial charge in [0, 0.05) is 5.92 Å². The van der Waals surface area contributed by atoms with Gasteiger partial charge in [0.2, 0.25) is 0 Å². The van der Waals surface area contributed by atoms with Gasteiger partial charge in [0.1, 0.15) is 5.75 Å². The molecule has 0 heterocycles. The predicted molar refractivity (Wildman–Crippen MR) is 135 cm³/mol. The van der Waals surface area contributed by atoms with Crippen LogP contribution in [0.4, 0.5) is 0 Å². The van der Waals surface area contributed by atoms with Crippen molar-refractivity contribution in [1.82, 2.24) is 0 Å². The average Bonchev–Trinajstić information content (AvgIpc) is 2.86. The average molecular weight is 535 g/mol. The lowest BCUT2D eigenvalue weighted by Crippen LogP contribution is -2.25. The second-order valence-electron chi connectivity index (χ2n) is 8.33. The van der Waals surface area contributed by atoms with Crippen LogP contribution in [-0.4, -0.2) is 43.8 Å². The molecule has 0 saturated heterocycles. The van der Waals surface area contributed by atoms with Crippen LogP contribution in [0.5, 0.6) is 5.75 Å². The third-order valence-corrected chi connectivity index (χ3v) is 7.91. The highest BCUT2D eigenvalue weighted by Crippen LogP contribution is 2.18. The smallest absolute Gasteiger partial charge is 0.296 e. The Kier molecular flexibility index (Phi) is 9.63. The van der Waals surface area contributed by atoms with Crippen LogP contribution in [0.2, 0.25) is 0 Å². The monoisotopic (exact) mass is 534 g/mol. The fourth-order valence-corrected chi connectivity index (χ4v) is 5.08. The highest BCUT2D eigenvalue weighted by molar-refractivity contribution is 7.87. The van der Waals surface area contributed by atoms with E-state index >= 15 is 0 Å². The van der Waals surface area contributed by atoms with E-state index < -0.39 is 26.2 Å². The summed E-state index contributed by atoms with van der Waals surface area (Å²) in [5, 5.41) is 0. The maximum atomic E-state index is 12.6. The van der Waals surface area contributed by atoms with Crippen LogP contribution >= 0.6 is 0 Å². The Morgan fingerprint density at radius 2 is 1.08 bits per heavy atom. The van der Waals surface area contributed by atoms with Crippen LogP contribution in [0, 0.1) is 19.8 Å². The second kappa shape index (κ2) is 12.5. The minimum atomic E-state index is -4.04. The van der Waals surface area contributed by atoms with Crippen molar-refractivity contribution in [2.45, 2.75) is 30.2 Å². The molecule has 0 fully saturated rings. The largest absolute Gasteiger partial charge is 0.497 e. The van der Waals surface area contributed by atoms with Gasteiger partial charge < -0.3 is 9.47 Å². The maximum absolute atomic E-state index is 12.6. The van der Waals surface area contributed by atoms with E-state index in [0.717, 1.165) is 16.7 Å². The highest BCUT2D eigenvalue weighted by atomic mass is 32.2. The molecule has 0 N–H and O–H groups in total. The Morgan fingerprint density at radius 1 is 0.639 bits per heavy atom. The number of rotatable bonds is 13. The van der Waals surface area contributed by atoms with Gasteiger partial charge in [-0.1, -0.05) is 47.5 Å². The zero-order chi connectivity index (χ0) is 26.2. The number of aryl methyl sites for hydroxylation is 2. The molecule has 36 heavy (non-hydrogen) atoms. The van der Waals surface area contributed by atoms with Crippen molar-refractivity contribution in [2.24, 2.45) is 5.92 Å². The number of ether oxygens (including phenoxy) is 2. The standard InChI is InChI=1S/C26H30O8S2/c1-20-4-12-25(13-5-20)35(27,28)33-18-23(17-32-16-22-8-10-24(31-3)11-9-22)19-34-36(29,30)26-14-6-21(2)7-15-26/h4-15,23H,16-19H2,1-3H3. The van der Waals surface area contributed by atoms with E-state index in [1.807, 2.05) is 26.0 Å². The molecular formula is C26H30O8S2. The molecule has 0 aliphatic heterocycles. The second-order valence-corrected chi connectivity index (χ2v) is 11.6. The molecule has 3 aromatic rings. The molecule has 0 saturated carbocycles. The summed E-state index contributed by atoms with van der Waals surface area (Å²) in [5.41, 5.74) is 2.69. The summed E-state index contributed by atoms with van der Waals surface area (Å²) in [5.74, 6) is 0.0322. The molecule has 0 aliphatic rings. The van der Waals surface area contributed by atoms with Gasteiger partial charge >= 0.3 is 0 Å². The van der Waals surface area contributed by atoms with Gasteiger partial charge in [-0.25, -0.2) is 0 Å². The molecule has 0 amide bonds. The van der Waals surface area contributed by atoms with E-state index in [4.69, 9.17) is 17.8 Å². The molecular weight excluding hydrogens is 504 g/mol. The zero-order valence-corrected chi connectivity index (χ0v) is 22.0. The van der Waals surface area contributed by atoms with Crippen molar-refractivity contribution in [3.05, 3.63) is 89.5 Å². The van der Waals surface area contributed by atoms with Gasteiger partial charge in [0.05, 0.1) is 43.3 Å². The van der Waals surface area contributed by atoms with E-state index in [9.17, 15) is 16.8 Å². The predicted octanol–water partition coefficient (Wildman–Crippen LogP) is 4.26. The fraction of sp³-hybridized carbons (Fsp3) is 0.308. The summed E-state index contributed by atoms with van der Waals surface area (Å²) < 4.78 is 71.8. The minimum absolute atomic E-state index is 0.0128. The fourth-order valence-electron chi connectivity index (χ4n) is 3.13. The Balaban J connectivity index is 1.66. The number of methoxy groups -OCH3 is 1. The molecule has 10 heteroatoms. The van der Waals surface area contributed by atoms with Crippen LogP contribution in [0.3, 0.4) is 0 Å². The first-order chi connectivity index (χ1) is 17.1. The van der Waals surface area contributed by atoms with E-state index in [-0.39, 0.29) is 36.2 Å². The van der Waals surface area contributed by atoms with Crippen molar-refractivity contribution in [3.63, 3.8) is 0 Å². The number of benzene rings is 3. The first kappa shape index (κ1) is 27.8. The Morgan fingerprint density at radius 3 is 1.50 bits per heavy atom. The summed E-state index contributed by atoms with van der Waals surface area (Å²) in [6.07, 6.45) is 0. The normalized spacial score (nSPS) is 12.1. The van der Waals surface area contributed by atoms with Crippen molar-refractivity contribution >= 4 is 20.2 Å². The van der Waals surface area contributed by atoms with Crippen LogP contribution in [0.1, 0.15) is 16.7 Å². The van der Waals surface area contributed by atoms with Crippen molar-refractivity contribution < 1.29 is 34.7 Å². The molecule has 0 bridgehead atoms. The Hall–Kier alpha value is -2.76. The molecule has 0 spiro atoms. The minimum Gasteiger partial charge on any atom is -0.497 e. The topological polar surface area (TPSA) is 105 Å². The van der Waals surface area contributed by atoms with E-state index in [0.29, 0.717) is 5.75 Å². The maximum Gasteiger partial charge on any atom is 0.296 e. The van der Waals surface area contributed by atoms with Crippen LogP contribution < -0.4 is 4.74 Å². The lowest BCUT2D eigenvalue weighted by Gasteiger charge is -2.18. The van der Waals surface area contributed by atoms with E-state index in [1.165, 1.54) is 24.3 Å². The lowest BCUT2D eigenvalue weighted by molar-refractivity contribution is 0.0497. The summed E-state index contributed by atoms with van der Waals surface area (Å²) in [7, 11) is -6.51. The van der Waals surface area contributed by atoms with Crippen molar-refractivity contribution in [2.75, 3.05) is 26.9 Å². The zero-order valence-electron chi connectivity index (χ0n) is 20.4. The molecule has 0 unspecified atom stereocenters. The molecule has 3 aromatic carbocycles. The van der Waals surface area contributed by atoms with Gasteiger partial charge in [-0.15, -0.1) is 0 Å². The summed E-state index contributed by atoms with van der Waals surface area (Å²) in [6.45, 7) is 3.30. The molecule has 0 aromatic heterocycles. The van der Waals surface area contributed by atoms with Crippen LogP contribution in [-0.2, 0) is 39.9 Å². The van der Waals surface area contributed by atoms with Gasteiger partial charge in [0.15, 0.2) is 0 Å². The van der Waals surface area contributed by atoms with E-state index in [1.54, 1.807) is 43.5 Å². The summed E-state index contributed by atoms with van der Waals surface area (Å²) in [4.78, 5) is 0.0263. The molecule has 3 rings (SSSR count). The van der Waals surface area contributed by atoms with Gasteiger partial charge in [-0.3, -0.25) is 8.37 Å². The summed E-state index contributed by atoms with van der Waals surface area (Å²) in [6, 6.07) is 19.8. The quantitative estimate of drug-likeness (QED) is 0.300. The van der Waals surface area contributed by atoms with E-state index in [2.05, 4.69) is 0 Å². The Bertz CT molecular complexity index is 1240. The van der Waals surface area contributed by atoms with Crippen molar-refractivity contribution in [3.8, 4) is 5.75 Å². The SMILES string of the molecule is COc1ccc(COCC(COS(=O)(=O)c2ccc(C)cc2)COS(=O)(=O)c2ccc(C)cc2)cc1. The highest BCUT2D eigenvalue weighted by Gasteiger charge is 2.23. The summed E-state index contributed by atoms with van der Waals surface area (Å²) >= 11 is 0. The molecule has 0 aliphatic carbocycles. The first-order valence-electron chi connectivity index (χ1n) is 11.2. The molecule has 194 valence electrons. The number of hydrogen-bond acceptors (Lipinski definition) is 8. The van der Waals surface area contributed by atoms with Crippen molar-refractivity contribution in [1.29, 1.82) is 0 Å². The molecule has 0 radical (unpaired) electrons. The third-order valence-electron chi connectivity index (χ3n) is 5.32. The van der Waals surface area contributed by atoms with Gasteiger partial charge in [-0.2, -0.15) is 16.8 Å². The van der Waals surface area contributed by atoms with Crippen LogP contribution in [0.25, 0.3) is 0 Å². The van der Waals surface area contributed by atoms with Gasteiger partial charge in [-0.05, 0) is 55.8 Å². The molecule has 8 nitrogen and oxygen atoms in total. The number of hydrogen-bond donors (Lipinski definition) is 0. The van der Waals surface area contributed by atoms with Crippen LogP contribution in [0.15, 0.2) is 82.6 Å². The molecule has 0 atom stereocenters. The van der Waals surface area contributed by atoms with Gasteiger partial charge in [0.25, 0.3) is 20.2 Å².